The number of nitrogens with zero attached hydrogens (tertiary/aromatic N) is 1. The van der Waals surface area contributed by atoms with Crippen LogP contribution in [0.15, 0.2) is 24.3 Å². The van der Waals surface area contributed by atoms with E-state index in [0.717, 1.165) is 31.9 Å². The second-order valence-corrected chi connectivity index (χ2v) is 8.09. The van der Waals surface area contributed by atoms with E-state index in [9.17, 15) is 13.2 Å². The van der Waals surface area contributed by atoms with E-state index in [1.165, 1.54) is 0 Å². The molecule has 0 aliphatic heterocycles. The summed E-state index contributed by atoms with van der Waals surface area (Å²) in [6.07, 6.45) is 3.94. The van der Waals surface area contributed by atoms with E-state index in [2.05, 4.69) is 16.0 Å². The molecule has 7 nitrogen and oxygen atoms in total. The van der Waals surface area contributed by atoms with Gasteiger partial charge in [-0.05, 0) is 49.9 Å². The Morgan fingerprint density at radius 1 is 1.15 bits per heavy atom. The highest BCUT2D eigenvalue weighted by Crippen LogP contribution is 2.27. The molecule has 0 saturated heterocycles. The van der Waals surface area contributed by atoms with Crippen LogP contribution >= 0.6 is 0 Å². The van der Waals surface area contributed by atoms with Crippen LogP contribution in [0.2, 0.25) is 0 Å². The Morgan fingerprint density at radius 2 is 1.74 bits per heavy atom. The molecule has 1 aliphatic rings. The Labute approximate surface area is 160 Å². The lowest BCUT2D eigenvalue weighted by atomic mass is 9.86. The number of ether oxygens (including phenoxy) is 2. The third kappa shape index (κ3) is 7.12. The number of hydrogen-bond acceptors (Lipinski definition) is 6. The van der Waals surface area contributed by atoms with Gasteiger partial charge in [-0.2, -0.15) is 8.42 Å². The maximum absolute atomic E-state index is 12.3. The van der Waals surface area contributed by atoms with Crippen molar-refractivity contribution in [2.24, 2.45) is 5.92 Å². The lowest BCUT2D eigenvalue weighted by Gasteiger charge is -2.32. The van der Waals surface area contributed by atoms with Crippen molar-refractivity contribution in [2.75, 3.05) is 27.0 Å². The van der Waals surface area contributed by atoms with E-state index in [1.807, 2.05) is 0 Å². The molecule has 27 heavy (non-hydrogen) atoms. The van der Waals surface area contributed by atoms with Gasteiger partial charge >= 0.3 is 6.09 Å². The molecule has 0 spiro atoms. The van der Waals surface area contributed by atoms with Gasteiger partial charge in [-0.1, -0.05) is 11.8 Å². The van der Waals surface area contributed by atoms with Gasteiger partial charge in [0.15, 0.2) is 0 Å². The Bertz CT molecular complexity index is 786. The zero-order valence-corrected chi connectivity index (χ0v) is 16.6. The third-order valence-electron chi connectivity index (χ3n) is 4.45. The summed E-state index contributed by atoms with van der Waals surface area (Å²) in [5.41, 5.74) is 0. The van der Waals surface area contributed by atoms with E-state index in [-0.39, 0.29) is 18.6 Å². The van der Waals surface area contributed by atoms with Crippen LogP contribution in [0.1, 0.15) is 25.7 Å². The van der Waals surface area contributed by atoms with Gasteiger partial charge in [0.2, 0.25) is 0 Å². The lowest BCUT2D eigenvalue weighted by Crippen LogP contribution is -2.40. The molecular formula is C19H25NO6S. The summed E-state index contributed by atoms with van der Waals surface area (Å²) in [7, 11) is -0.138. The highest BCUT2D eigenvalue weighted by Gasteiger charge is 2.26. The van der Waals surface area contributed by atoms with E-state index >= 15 is 0 Å². The zero-order valence-electron chi connectivity index (χ0n) is 15.8. The molecule has 2 rings (SSSR count). The molecule has 148 valence electrons. The van der Waals surface area contributed by atoms with Crippen LogP contribution < -0.4 is 9.47 Å². The first-order chi connectivity index (χ1) is 12.8. The highest BCUT2D eigenvalue weighted by molar-refractivity contribution is 7.86. The first-order valence-corrected chi connectivity index (χ1v) is 10.5. The molecule has 8 heteroatoms. The minimum atomic E-state index is -3.45. The van der Waals surface area contributed by atoms with Gasteiger partial charge < -0.3 is 14.4 Å². The summed E-state index contributed by atoms with van der Waals surface area (Å²) in [6, 6.07) is 6.95. The minimum Gasteiger partial charge on any atom is -0.497 e. The molecule has 1 amide bonds. The SMILES string of the molecule is COc1ccc(OC(=O)N(C)C2CCC(C#CCOS(C)(=O)=O)CC2)cc1. The maximum Gasteiger partial charge on any atom is 0.415 e. The van der Waals surface area contributed by atoms with Gasteiger partial charge in [-0.25, -0.2) is 4.79 Å². The third-order valence-corrected chi connectivity index (χ3v) is 4.99. The fourth-order valence-electron chi connectivity index (χ4n) is 2.90. The van der Waals surface area contributed by atoms with E-state index in [0.29, 0.717) is 11.5 Å². The largest absolute Gasteiger partial charge is 0.497 e. The molecule has 1 aromatic carbocycles. The van der Waals surface area contributed by atoms with Crippen molar-refractivity contribution in [2.45, 2.75) is 31.7 Å². The van der Waals surface area contributed by atoms with Crippen LogP contribution in [0, 0.1) is 17.8 Å². The number of carbonyl (C=O) groups is 1. The fourth-order valence-corrected chi connectivity index (χ4v) is 3.17. The fraction of sp³-hybridized carbons (Fsp3) is 0.526. The molecule has 1 aromatic rings. The van der Waals surface area contributed by atoms with Crippen molar-refractivity contribution in [3.05, 3.63) is 24.3 Å². The summed E-state index contributed by atoms with van der Waals surface area (Å²) < 4.78 is 36.8. The predicted octanol–water partition coefficient (Wildman–Crippen LogP) is 2.66. The van der Waals surface area contributed by atoms with Gasteiger partial charge in [-0.3, -0.25) is 4.18 Å². The number of carbonyl (C=O) groups excluding carboxylic acids is 1. The van der Waals surface area contributed by atoms with E-state index < -0.39 is 16.2 Å². The summed E-state index contributed by atoms with van der Waals surface area (Å²) >= 11 is 0. The Hall–Kier alpha value is -2.24. The Balaban J connectivity index is 1.78. The molecule has 0 atom stereocenters. The molecular weight excluding hydrogens is 370 g/mol. The molecule has 1 aliphatic carbocycles. The number of hydrogen-bond donors (Lipinski definition) is 0. The Kier molecular flexibility index (Phi) is 7.51. The summed E-state index contributed by atoms with van der Waals surface area (Å²) in [6.45, 7) is -0.118. The second kappa shape index (κ2) is 9.62. The number of methoxy groups -OCH3 is 1. The van der Waals surface area contributed by atoms with Crippen molar-refractivity contribution in [3.63, 3.8) is 0 Å². The van der Waals surface area contributed by atoms with Crippen LogP contribution in [0.4, 0.5) is 4.79 Å². The van der Waals surface area contributed by atoms with Gasteiger partial charge in [0.05, 0.1) is 13.4 Å². The standard InChI is InChI=1S/C19H25NO6S/c1-20(19(21)26-18-12-10-17(24-2)11-13-18)16-8-6-15(7-9-16)5-4-14-25-27(3,22)23/h10-13,15-16H,6-9,14H2,1-3H3. The van der Waals surface area contributed by atoms with Crippen LogP contribution in [-0.2, 0) is 14.3 Å². The van der Waals surface area contributed by atoms with Gasteiger partial charge in [0, 0.05) is 19.0 Å². The number of rotatable bonds is 5. The van der Waals surface area contributed by atoms with E-state index in [4.69, 9.17) is 9.47 Å². The van der Waals surface area contributed by atoms with Gasteiger partial charge in [0.25, 0.3) is 10.1 Å². The van der Waals surface area contributed by atoms with Gasteiger partial charge in [-0.15, -0.1) is 0 Å². The average Bonchev–Trinajstić information content (AvgIpc) is 2.65. The van der Waals surface area contributed by atoms with Crippen molar-refractivity contribution < 1.29 is 26.9 Å². The monoisotopic (exact) mass is 395 g/mol. The van der Waals surface area contributed by atoms with Crippen molar-refractivity contribution in [3.8, 4) is 23.3 Å². The highest BCUT2D eigenvalue weighted by atomic mass is 32.2. The first-order valence-electron chi connectivity index (χ1n) is 8.70. The summed E-state index contributed by atoms with van der Waals surface area (Å²) in [5, 5.41) is 0. The van der Waals surface area contributed by atoms with E-state index in [1.54, 1.807) is 43.3 Å². The number of amides is 1. The molecule has 0 aromatic heterocycles. The summed E-state index contributed by atoms with van der Waals surface area (Å²) in [4.78, 5) is 13.9. The quantitative estimate of drug-likeness (QED) is 0.563. The van der Waals surface area contributed by atoms with Crippen LogP contribution in [0.25, 0.3) is 0 Å². The molecule has 0 radical (unpaired) electrons. The van der Waals surface area contributed by atoms with Crippen molar-refractivity contribution in [1.82, 2.24) is 4.90 Å². The first kappa shape index (κ1) is 21.1. The van der Waals surface area contributed by atoms with Gasteiger partial charge in [0.1, 0.15) is 18.1 Å². The average molecular weight is 395 g/mol. The second-order valence-electron chi connectivity index (χ2n) is 6.45. The smallest absolute Gasteiger partial charge is 0.415 e. The minimum absolute atomic E-state index is 0.0982. The normalized spacial score (nSPS) is 19.5. The zero-order chi connectivity index (χ0) is 19.9. The predicted molar refractivity (Wildman–Crippen MR) is 101 cm³/mol. The number of benzene rings is 1. The van der Waals surface area contributed by atoms with Crippen LogP contribution in [-0.4, -0.2) is 52.5 Å². The molecule has 0 unspecified atom stereocenters. The van der Waals surface area contributed by atoms with Crippen molar-refractivity contribution >= 4 is 16.2 Å². The summed E-state index contributed by atoms with van der Waals surface area (Å²) in [5.74, 6) is 7.16. The lowest BCUT2D eigenvalue weighted by molar-refractivity contribution is 0.129. The maximum atomic E-state index is 12.3. The molecule has 0 N–H and O–H groups in total. The molecule has 0 heterocycles. The molecule has 1 saturated carbocycles. The Morgan fingerprint density at radius 3 is 2.30 bits per heavy atom. The van der Waals surface area contributed by atoms with Crippen molar-refractivity contribution in [1.29, 1.82) is 0 Å². The van der Waals surface area contributed by atoms with Crippen LogP contribution in [0.5, 0.6) is 11.5 Å². The molecule has 0 bridgehead atoms. The van der Waals surface area contributed by atoms with Crippen LogP contribution in [0.3, 0.4) is 0 Å². The molecule has 1 fully saturated rings. The topological polar surface area (TPSA) is 82.1 Å².